The summed E-state index contributed by atoms with van der Waals surface area (Å²) >= 11 is 0. The molecule has 0 unspecified atom stereocenters. The molecule has 2 heterocycles. The highest BCUT2D eigenvalue weighted by atomic mass is 19.1. The Balaban J connectivity index is 1.39. The lowest BCUT2D eigenvalue weighted by Crippen LogP contribution is -2.49. The van der Waals surface area contributed by atoms with Gasteiger partial charge >= 0.3 is 0 Å². The van der Waals surface area contributed by atoms with E-state index < -0.39 is 23.6 Å². The lowest BCUT2D eigenvalue weighted by Gasteiger charge is -2.18. The SMILES string of the molecule is O=C(NC1CC1)C(=O)[C@@H](Cc1ccccc1)NC(=O)c1cccnc1-n1ccc(-c2ccc(F)cc2)n1. The van der Waals surface area contributed by atoms with E-state index in [1.54, 1.807) is 36.5 Å². The molecule has 0 aliphatic heterocycles. The third kappa shape index (κ3) is 5.78. The quantitative estimate of drug-likeness (QED) is 0.345. The molecule has 5 rings (SSSR count). The number of hydrogen-bond donors (Lipinski definition) is 2. The molecule has 2 aromatic heterocycles. The van der Waals surface area contributed by atoms with Gasteiger partial charge in [-0.3, -0.25) is 14.4 Å². The third-order valence-electron chi connectivity index (χ3n) is 6.02. The average molecular weight is 498 g/mol. The molecule has 2 amide bonds. The highest BCUT2D eigenvalue weighted by Gasteiger charge is 2.32. The lowest BCUT2D eigenvalue weighted by atomic mass is 10.0. The van der Waals surface area contributed by atoms with Crippen molar-refractivity contribution in [2.75, 3.05) is 0 Å². The molecule has 2 N–H and O–H groups in total. The molecule has 4 aromatic rings. The van der Waals surface area contributed by atoms with Crippen LogP contribution in [0.3, 0.4) is 0 Å². The molecule has 1 aliphatic rings. The van der Waals surface area contributed by atoms with Gasteiger partial charge in [0.1, 0.15) is 11.9 Å². The Bertz CT molecular complexity index is 1430. The Labute approximate surface area is 212 Å². The normalized spacial score (nSPS) is 13.5. The van der Waals surface area contributed by atoms with Crippen LogP contribution < -0.4 is 10.6 Å². The molecule has 0 bridgehead atoms. The molecule has 1 fully saturated rings. The van der Waals surface area contributed by atoms with Gasteiger partial charge in [0.15, 0.2) is 5.82 Å². The second kappa shape index (κ2) is 10.5. The van der Waals surface area contributed by atoms with Gasteiger partial charge in [-0.15, -0.1) is 0 Å². The van der Waals surface area contributed by atoms with Crippen LogP contribution in [0, 0.1) is 5.82 Å². The summed E-state index contributed by atoms with van der Waals surface area (Å²) in [5.41, 5.74) is 2.27. The van der Waals surface area contributed by atoms with Crippen molar-refractivity contribution in [1.82, 2.24) is 25.4 Å². The standard InChI is InChI=1S/C28H24FN5O3/c29-20-10-8-19(9-11-20)23-14-16-34(33-23)26-22(7-4-15-30-26)27(36)32-24(17-18-5-2-1-3-6-18)25(35)28(37)31-21-12-13-21/h1-11,14-16,21,24H,12-13,17H2,(H,31,37)(H,32,36)/t24-/m1/s1. The summed E-state index contributed by atoms with van der Waals surface area (Å²) < 4.78 is 14.7. The van der Waals surface area contributed by atoms with Crippen molar-refractivity contribution in [3.8, 4) is 17.1 Å². The molecule has 1 aliphatic carbocycles. The zero-order chi connectivity index (χ0) is 25.8. The second-order valence-electron chi connectivity index (χ2n) is 8.85. The number of Topliss-reactive ketones (excluding diaryl/α,β-unsaturated/α-hetero) is 1. The molecule has 8 nitrogen and oxygen atoms in total. The van der Waals surface area contributed by atoms with Gasteiger partial charge in [-0.1, -0.05) is 30.3 Å². The summed E-state index contributed by atoms with van der Waals surface area (Å²) in [5, 5.41) is 9.94. The maximum atomic E-state index is 13.4. The average Bonchev–Trinajstić information content (AvgIpc) is 3.60. The number of aromatic nitrogens is 3. The van der Waals surface area contributed by atoms with Crippen molar-refractivity contribution in [2.45, 2.75) is 31.3 Å². The number of hydrogen-bond acceptors (Lipinski definition) is 5. The number of benzene rings is 2. The van der Waals surface area contributed by atoms with Gasteiger partial charge in [-0.2, -0.15) is 5.10 Å². The molecule has 0 saturated heterocycles. The zero-order valence-corrected chi connectivity index (χ0v) is 19.8. The van der Waals surface area contributed by atoms with Gasteiger partial charge in [0.05, 0.1) is 11.3 Å². The van der Waals surface area contributed by atoms with Crippen molar-refractivity contribution in [1.29, 1.82) is 0 Å². The summed E-state index contributed by atoms with van der Waals surface area (Å²) in [4.78, 5) is 43.3. The van der Waals surface area contributed by atoms with E-state index in [2.05, 4.69) is 20.7 Å². The van der Waals surface area contributed by atoms with Crippen LogP contribution in [-0.4, -0.2) is 44.4 Å². The van der Waals surface area contributed by atoms with Gasteiger partial charge in [0.2, 0.25) is 5.78 Å². The summed E-state index contributed by atoms with van der Waals surface area (Å²) in [6.07, 6.45) is 5.03. The van der Waals surface area contributed by atoms with Gasteiger partial charge in [-0.05, 0) is 60.9 Å². The first-order valence-corrected chi connectivity index (χ1v) is 11.9. The van der Waals surface area contributed by atoms with Crippen LogP contribution in [0.2, 0.25) is 0 Å². The minimum Gasteiger partial charge on any atom is -0.347 e. The molecular formula is C28H24FN5O3. The minimum atomic E-state index is -1.06. The number of carbonyl (C=O) groups is 3. The van der Waals surface area contributed by atoms with Gasteiger partial charge in [-0.25, -0.2) is 14.1 Å². The number of rotatable bonds is 9. The van der Waals surface area contributed by atoms with Crippen LogP contribution in [0.4, 0.5) is 4.39 Å². The molecule has 0 radical (unpaired) electrons. The fourth-order valence-corrected chi connectivity index (χ4v) is 3.91. The Hall–Kier alpha value is -4.66. The first kappa shape index (κ1) is 24.1. The topological polar surface area (TPSA) is 106 Å². The van der Waals surface area contributed by atoms with E-state index in [-0.39, 0.29) is 29.7 Å². The van der Waals surface area contributed by atoms with Crippen LogP contribution in [0.25, 0.3) is 17.1 Å². The Kier molecular flexibility index (Phi) is 6.85. The smallest absolute Gasteiger partial charge is 0.289 e. The van der Waals surface area contributed by atoms with E-state index in [4.69, 9.17) is 0 Å². The summed E-state index contributed by atoms with van der Waals surface area (Å²) in [6.45, 7) is 0. The first-order chi connectivity index (χ1) is 18.0. The fourth-order valence-electron chi connectivity index (χ4n) is 3.91. The third-order valence-corrected chi connectivity index (χ3v) is 6.02. The number of halogens is 1. The Morgan fingerprint density at radius 1 is 0.973 bits per heavy atom. The highest BCUT2D eigenvalue weighted by Crippen LogP contribution is 2.21. The van der Waals surface area contributed by atoms with E-state index in [9.17, 15) is 18.8 Å². The molecule has 37 heavy (non-hydrogen) atoms. The summed E-state index contributed by atoms with van der Waals surface area (Å²) in [6, 6.07) is 19.0. The van der Waals surface area contributed by atoms with Crippen LogP contribution in [0.5, 0.6) is 0 Å². The van der Waals surface area contributed by atoms with Crippen LogP contribution in [0.1, 0.15) is 28.8 Å². The molecule has 9 heteroatoms. The van der Waals surface area contributed by atoms with Crippen molar-refractivity contribution in [3.05, 3.63) is 102 Å². The summed E-state index contributed by atoms with van der Waals surface area (Å²) in [5.74, 6) is -2.06. The van der Waals surface area contributed by atoms with Gasteiger partial charge in [0.25, 0.3) is 11.8 Å². The van der Waals surface area contributed by atoms with E-state index in [1.165, 1.54) is 23.0 Å². The van der Waals surface area contributed by atoms with Crippen LogP contribution in [0.15, 0.2) is 85.2 Å². The molecule has 186 valence electrons. The van der Waals surface area contributed by atoms with Crippen molar-refractivity contribution in [3.63, 3.8) is 0 Å². The Morgan fingerprint density at radius 2 is 1.73 bits per heavy atom. The van der Waals surface area contributed by atoms with E-state index >= 15 is 0 Å². The maximum absolute atomic E-state index is 13.4. The maximum Gasteiger partial charge on any atom is 0.289 e. The Morgan fingerprint density at radius 3 is 2.46 bits per heavy atom. The molecular weight excluding hydrogens is 473 g/mol. The molecule has 1 saturated carbocycles. The number of pyridine rings is 1. The first-order valence-electron chi connectivity index (χ1n) is 11.9. The predicted octanol–water partition coefficient (Wildman–Crippen LogP) is 3.26. The van der Waals surface area contributed by atoms with Gasteiger partial charge < -0.3 is 10.6 Å². The minimum absolute atomic E-state index is 0.0181. The number of carbonyl (C=O) groups excluding carboxylic acids is 3. The summed E-state index contributed by atoms with van der Waals surface area (Å²) in [7, 11) is 0. The van der Waals surface area contributed by atoms with E-state index in [0.717, 1.165) is 18.4 Å². The largest absolute Gasteiger partial charge is 0.347 e. The number of amides is 2. The lowest BCUT2D eigenvalue weighted by molar-refractivity contribution is -0.139. The van der Waals surface area contributed by atoms with Crippen molar-refractivity contribution < 1.29 is 18.8 Å². The predicted molar refractivity (Wildman–Crippen MR) is 134 cm³/mol. The molecule has 2 aromatic carbocycles. The van der Waals surface area contributed by atoms with E-state index in [0.29, 0.717) is 11.3 Å². The van der Waals surface area contributed by atoms with Crippen molar-refractivity contribution >= 4 is 17.6 Å². The second-order valence-corrected chi connectivity index (χ2v) is 8.85. The number of nitrogens with one attached hydrogen (secondary N) is 2. The van der Waals surface area contributed by atoms with E-state index in [1.807, 2.05) is 30.3 Å². The number of nitrogens with zero attached hydrogens (tertiary/aromatic N) is 3. The van der Waals surface area contributed by atoms with Crippen LogP contribution in [-0.2, 0) is 16.0 Å². The van der Waals surface area contributed by atoms with Crippen LogP contribution >= 0.6 is 0 Å². The van der Waals surface area contributed by atoms with Gasteiger partial charge in [0, 0.05) is 30.4 Å². The number of ketones is 1. The molecule has 0 spiro atoms. The fraction of sp³-hybridized carbons (Fsp3) is 0.179. The highest BCUT2D eigenvalue weighted by molar-refractivity contribution is 6.38. The zero-order valence-electron chi connectivity index (χ0n) is 19.8. The molecule has 1 atom stereocenters. The monoisotopic (exact) mass is 497 g/mol. The van der Waals surface area contributed by atoms with Crippen molar-refractivity contribution in [2.24, 2.45) is 0 Å².